The second kappa shape index (κ2) is 8.07. The van der Waals surface area contributed by atoms with Gasteiger partial charge in [0.05, 0.1) is 36.4 Å². The lowest BCUT2D eigenvalue weighted by Gasteiger charge is -2.47. The fourth-order valence-electron chi connectivity index (χ4n) is 3.25. The highest BCUT2D eigenvalue weighted by atomic mass is 16.7. The number of likely N-dealkylation sites (N-methyl/N-ethyl adjacent to an activating group) is 1. The minimum atomic E-state index is -1.01. The molecule has 2 rings (SSSR count). The summed E-state index contributed by atoms with van der Waals surface area (Å²) in [5.74, 6) is 0.584. The van der Waals surface area contributed by atoms with E-state index in [4.69, 9.17) is 31.4 Å². The van der Waals surface area contributed by atoms with Crippen LogP contribution in [0.25, 0.3) is 0 Å². The van der Waals surface area contributed by atoms with Crippen molar-refractivity contribution in [2.24, 2.45) is 17.2 Å². The average Bonchev–Trinajstić information content (AvgIpc) is 2.55. The number of hydrogen-bond acceptors (Lipinski definition) is 9. The molecule has 9 atom stereocenters. The molecule has 0 spiro atoms. The number of ether oxygens (including phenoxy) is 3. The maximum absolute atomic E-state index is 10.6. The molecule has 9 N–H and O–H groups in total. The molecular formula is C15H30N4O5. The van der Waals surface area contributed by atoms with E-state index in [1.165, 1.54) is 7.11 Å². The zero-order valence-corrected chi connectivity index (χ0v) is 14.3. The van der Waals surface area contributed by atoms with Gasteiger partial charge in [0.15, 0.2) is 0 Å². The third kappa shape index (κ3) is 3.73. The molecule has 0 aromatic rings. The van der Waals surface area contributed by atoms with E-state index in [-0.39, 0.29) is 6.04 Å². The van der Waals surface area contributed by atoms with Gasteiger partial charge >= 0.3 is 0 Å². The molecule has 0 saturated heterocycles. The molecule has 1 heterocycles. The van der Waals surface area contributed by atoms with Gasteiger partial charge in [0, 0.05) is 7.11 Å². The van der Waals surface area contributed by atoms with E-state index >= 15 is 0 Å². The van der Waals surface area contributed by atoms with Crippen LogP contribution in [-0.4, -0.2) is 79.2 Å². The van der Waals surface area contributed by atoms with E-state index in [1.54, 1.807) is 14.0 Å². The van der Waals surface area contributed by atoms with Crippen LogP contribution in [0.3, 0.4) is 0 Å². The summed E-state index contributed by atoms with van der Waals surface area (Å²) in [5.41, 5.74) is 18.0. The van der Waals surface area contributed by atoms with Crippen molar-refractivity contribution in [1.29, 1.82) is 0 Å². The van der Waals surface area contributed by atoms with Gasteiger partial charge < -0.3 is 46.9 Å². The van der Waals surface area contributed by atoms with Crippen LogP contribution in [0, 0.1) is 0 Å². The zero-order chi connectivity index (χ0) is 18.0. The predicted molar refractivity (Wildman–Crippen MR) is 87.7 cm³/mol. The molecule has 2 aliphatic rings. The maximum Gasteiger partial charge on any atom is 0.215 e. The van der Waals surface area contributed by atoms with E-state index in [0.29, 0.717) is 12.2 Å². The minimum absolute atomic E-state index is 0.290. The summed E-state index contributed by atoms with van der Waals surface area (Å²) in [7, 11) is 3.12. The Balaban J connectivity index is 2.14. The molecule has 9 heteroatoms. The Morgan fingerprint density at radius 3 is 2.50 bits per heavy atom. The number of methoxy groups -OCH3 is 1. The molecule has 1 aliphatic heterocycles. The highest BCUT2D eigenvalue weighted by Crippen LogP contribution is 2.28. The Hall–Kier alpha value is -0.780. The number of nitrogens with two attached hydrogens (primary N) is 3. The first kappa shape index (κ1) is 19.5. The van der Waals surface area contributed by atoms with E-state index in [9.17, 15) is 10.2 Å². The maximum atomic E-state index is 10.6. The third-order valence-electron chi connectivity index (χ3n) is 4.71. The summed E-state index contributed by atoms with van der Waals surface area (Å²) in [6, 6.07) is -2.10. The Morgan fingerprint density at radius 1 is 1.29 bits per heavy atom. The Morgan fingerprint density at radius 2 is 1.96 bits per heavy atom. The highest BCUT2D eigenvalue weighted by Gasteiger charge is 2.50. The average molecular weight is 346 g/mol. The molecule has 0 unspecified atom stereocenters. The number of aliphatic hydroxyl groups is 2. The van der Waals surface area contributed by atoms with Crippen LogP contribution in [0.5, 0.6) is 0 Å². The molecule has 1 aliphatic carbocycles. The molecule has 9 nitrogen and oxygen atoms in total. The van der Waals surface area contributed by atoms with Gasteiger partial charge in [-0.15, -0.1) is 0 Å². The van der Waals surface area contributed by atoms with Gasteiger partial charge in [-0.1, -0.05) is 0 Å². The summed E-state index contributed by atoms with van der Waals surface area (Å²) in [6.45, 7) is 1.80. The first-order valence-corrected chi connectivity index (χ1v) is 8.16. The van der Waals surface area contributed by atoms with Gasteiger partial charge in [-0.3, -0.25) is 0 Å². The Bertz CT molecular complexity index is 450. The molecule has 0 aromatic carbocycles. The fraction of sp³-hybridized carbons (Fsp3) is 0.867. The van der Waals surface area contributed by atoms with Gasteiger partial charge in [-0.2, -0.15) is 0 Å². The molecule has 0 amide bonds. The van der Waals surface area contributed by atoms with E-state index < -0.39 is 48.8 Å². The molecule has 0 bridgehead atoms. The zero-order valence-electron chi connectivity index (χ0n) is 14.3. The molecular weight excluding hydrogens is 316 g/mol. The van der Waals surface area contributed by atoms with Gasteiger partial charge in [-0.05, 0) is 26.5 Å². The third-order valence-corrected chi connectivity index (χ3v) is 4.71. The SMILES string of the molecule is CN[C@H]1[C@@H](O)[C@H](O[C@H]2OC([C@H](C)N)=CC[C@H]2N)[C@@H](N)[C@H](O)[C@@H]1OC. The highest BCUT2D eigenvalue weighted by molar-refractivity contribution is 5.08. The van der Waals surface area contributed by atoms with Crippen molar-refractivity contribution in [3.63, 3.8) is 0 Å². The summed E-state index contributed by atoms with van der Waals surface area (Å²) < 4.78 is 16.8. The monoisotopic (exact) mass is 346 g/mol. The van der Waals surface area contributed by atoms with Crippen LogP contribution in [0.15, 0.2) is 11.8 Å². The topological polar surface area (TPSA) is 158 Å². The smallest absolute Gasteiger partial charge is 0.215 e. The van der Waals surface area contributed by atoms with Crippen molar-refractivity contribution in [2.45, 2.75) is 68.2 Å². The van der Waals surface area contributed by atoms with Crippen molar-refractivity contribution >= 4 is 0 Å². The summed E-state index contributed by atoms with van der Waals surface area (Å²) in [5, 5.41) is 23.9. The van der Waals surface area contributed by atoms with Crippen LogP contribution in [-0.2, 0) is 14.2 Å². The quantitative estimate of drug-likeness (QED) is 0.312. The van der Waals surface area contributed by atoms with E-state index in [1.807, 2.05) is 6.08 Å². The fourth-order valence-corrected chi connectivity index (χ4v) is 3.25. The molecule has 1 fully saturated rings. The van der Waals surface area contributed by atoms with Crippen LogP contribution in [0.4, 0.5) is 0 Å². The number of nitrogens with one attached hydrogen (secondary N) is 1. The lowest BCUT2D eigenvalue weighted by molar-refractivity contribution is -0.231. The molecule has 0 radical (unpaired) electrons. The second-order valence-electron chi connectivity index (χ2n) is 6.45. The lowest BCUT2D eigenvalue weighted by atomic mass is 9.81. The van der Waals surface area contributed by atoms with Gasteiger partial charge in [0.1, 0.15) is 18.0 Å². The number of aliphatic hydroxyl groups excluding tert-OH is 2. The van der Waals surface area contributed by atoms with Gasteiger partial charge in [-0.25, -0.2) is 0 Å². The standard InChI is InChI=1S/C15H30N4O5/c1-6(16)8-5-4-7(17)15(23-8)24-13-9(18)11(20)14(22-3)10(19-2)12(13)21/h5-7,9-15,19-21H,4,16-18H2,1-3H3/t6-,7+,9-,10-,11-,12+,13+,14+,15+/m0/s1. The van der Waals surface area contributed by atoms with Crippen LogP contribution < -0.4 is 22.5 Å². The van der Waals surface area contributed by atoms with Crippen molar-refractivity contribution in [3.05, 3.63) is 11.8 Å². The Labute approximate surface area is 142 Å². The van der Waals surface area contributed by atoms with Crippen molar-refractivity contribution in [1.82, 2.24) is 5.32 Å². The van der Waals surface area contributed by atoms with E-state index in [2.05, 4.69) is 5.32 Å². The molecule has 140 valence electrons. The molecule has 1 saturated carbocycles. The van der Waals surface area contributed by atoms with Gasteiger partial charge in [0.2, 0.25) is 6.29 Å². The molecule has 24 heavy (non-hydrogen) atoms. The largest absolute Gasteiger partial charge is 0.466 e. The summed E-state index contributed by atoms with van der Waals surface area (Å²) in [4.78, 5) is 0. The first-order chi connectivity index (χ1) is 11.3. The van der Waals surface area contributed by atoms with Crippen LogP contribution in [0.2, 0.25) is 0 Å². The number of hydrogen-bond donors (Lipinski definition) is 6. The van der Waals surface area contributed by atoms with Gasteiger partial charge in [0.25, 0.3) is 0 Å². The number of rotatable bonds is 5. The Kier molecular flexibility index (Phi) is 6.57. The predicted octanol–water partition coefficient (Wildman–Crippen LogP) is -2.66. The van der Waals surface area contributed by atoms with Crippen LogP contribution >= 0.6 is 0 Å². The van der Waals surface area contributed by atoms with Crippen molar-refractivity contribution in [3.8, 4) is 0 Å². The van der Waals surface area contributed by atoms with Crippen molar-refractivity contribution < 1.29 is 24.4 Å². The summed E-state index contributed by atoms with van der Waals surface area (Å²) >= 11 is 0. The molecule has 0 aromatic heterocycles. The lowest BCUT2D eigenvalue weighted by Crippen LogP contribution is -2.71. The van der Waals surface area contributed by atoms with E-state index in [0.717, 1.165) is 0 Å². The minimum Gasteiger partial charge on any atom is -0.466 e. The second-order valence-corrected chi connectivity index (χ2v) is 6.45. The first-order valence-electron chi connectivity index (χ1n) is 8.16. The normalized spacial score (nSPS) is 44.6. The summed E-state index contributed by atoms with van der Waals surface area (Å²) in [6.07, 6.45) is -1.96. The van der Waals surface area contributed by atoms with Crippen LogP contribution in [0.1, 0.15) is 13.3 Å². The van der Waals surface area contributed by atoms with Crippen molar-refractivity contribution in [2.75, 3.05) is 14.2 Å².